The van der Waals surface area contributed by atoms with Crippen molar-refractivity contribution in [1.82, 2.24) is 0 Å². The minimum Gasteiger partial charge on any atom is -0.496 e. The number of alkyl halides is 3. The van der Waals surface area contributed by atoms with Crippen LogP contribution in [0.1, 0.15) is 16.7 Å². The van der Waals surface area contributed by atoms with Crippen LogP contribution in [0.3, 0.4) is 0 Å². The Kier molecular flexibility index (Phi) is 5.24. The van der Waals surface area contributed by atoms with E-state index in [4.69, 9.17) is 11.6 Å². The molecule has 136 valence electrons. The Morgan fingerprint density at radius 3 is 2.28 bits per heavy atom. The number of anilines is 1. The molecular weight excluding hydrogens is 379 g/mol. The number of methoxy groups -OCH3 is 1. The van der Waals surface area contributed by atoms with Crippen LogP contribution in [0.15, 0.2) is 35.2 Å². The van der Waals surface area contributed by atoms with Crippen molar-refractivity contribution in [2.24, 2.45) is 0 Å². The van der Waals surface area contributed by atoms with E-state index in [9.17, 15) is 21.6 Å². The molecule has 0 spiro atoms. The van der Waals surface area contributed by atoms with Gasteiger partial charge >= 0.3 is 6.18 Å². The lowest BCUT2D eigenvalue weighted by atomic mass is 10.1. The molecule has 0 fully saturated rings. The SMILES string of the molecule is COc1ccc(NS(=O)(=O)c2cc(C)c(Cl)cc2C)cc1C(F)(F)F. The number of halogens is 4. The van der Waals surface area contributed by atoms with Gasteiger partial charge in [0.05, 0.1) is 17.6 Å². The van der Waals surface area contributed by atoms with Gasteiger partial charge in [0.2, 0.25) is 0 Å². The lowest BCUT2D eigenvalue weighted by Crippen LogP contribution is -2.16. The highest BCUT2D eigenvalue weighted by Gasteiger charge is 2.35. The summed E-state index contributed by atoms with van der Waals surface area (Å²) in [6.07, 6.45) is -4.68. The fourth-order valence-corrected chi connectivity index (χ4v) is 3.83. The van der Waals surface area contributed by atoms with E-state index < -0.39 is 27.5 Å². The van der Waals surface area contributed by atoms with E-state index in [1.165, 1.54) is 18.2 Å². The van der Waals surface area contributed by atoms with Crippen molar-refractivity contribution >= 4 is 27.3 Å². The van der Waals surface area contributed by atoms with Crippen LogP contribution in [-0.2, 0) is 16.2 Å². The van der Waals surface area contributed by atoms with Crippen LogP contribution in [0.25, 0.3) is 0 Å². The Balaban J connectivity index is 2.47. The molecule has 0 aliphatic carbocycles. The predicted molar refractivity (Wildman–Crippen MR) is 89.7 cm³/mol. The van der Waals surface area contributed by atoms with Gasteiger partial charge in [0, 0.05) is 10.7 Å². The van der Waals surface area contributed by atoms with Crippen LogP contribution in [-0.4, -0.2) is 15.5 Å². The summed E-state index contributed by atoms with van der Waals surface area (Å²) < 4.78 is 71.1. The summed E-state index contributed by atoms with van der Waals surface area (Å²) in [5, 5.41) is 0.403. The molecule has 0 radical (unpaired) electrons. The molecule has 0 aliphatic heterocycles. The zero-order valence-electron chi connectivity index (χ0n) is 13.5. The Bertz CT molecular complexity index is 912. The van der Waals surface area contributed by atoms with E-state index in [2.05, 4.69) is 9.46 Å². The summed E-state index contributed by atoms with van der Waals surface area (Å²) in [4.78, 5) is -0.0567. The fourth-order valence-electron chi connectivity index (χ4n) is 2.25. The van der Waals surface area contributed by atoms with Gasteiger partial charge in [0.25, 0.3) is 10.0 Å². The number of benzene rings is 2. The quantitative estimate of drug-likeness (QED) is 0.812. The maximum absolute atomic E-state index is 13.1. The fraction of sp³-hybridized carbons (Fsp3) is 0.250. The van der Waals surface area contributed by atoms with Crippen LogP contribution in [0.5, 0.6) is 5.75 Å². The van der Waals surface area contributed by atoms with Crippen LogP contribution in [0.4, 0.5) is 18.9 Å². The second-order valence-corrected chi connectivity index (χ2v) is 7.44. The van der Waals surface area contributed by atoms with E-state index in [-0.39, 0.29) is 10.6 Å². The van der Waals surface area contributed by atoms with Crippen LogP contribution in [0.2, 0.25) is 5.02 Å². The maximum Gasteiger partial charge on any atom is 0.420 e. The van der Waals surface area contributed by atoms with E-state index in [0.717, 1.165) is 13.2 Å². The van der Waals surface area contributed by atoms with Gasteiger partial charge in [-0.2, -0.15) is 13.2 Å². The van der Waals surface area contributed by atoms with Crippen LogP contribution in [0, 0.1) is 13.8 Å². The molecule has 0 atom stereocenters. The standard InChI is InChI=1S/C16H15ClF3NO3S/c1-9-7-15(10(2)6-13(9)17)25(22,23)21-11-4-5-14(24-3)12(8-11)16(18,19)20/h4-8,21H,1-3H3. The van der Waals surface area contributed by atoms with Crippen molar-refractivity contribution in [3.63, 3.8) is 0 Å². The zero-order chi connectivity index (χ0) is 19.0. The van der Waals surface area contributed by atoms with Gasteiger partial charge in [-0.1, -0.05) is 11.6 Å². The van der Waals surface area contributed by atoms with Crippen molar-refractivity contribution < 1.29 is 26.3 Å². The van der Waals surface area contributed by atoms with E-state index in [1.807, 2.05) is 0 Å². The summed E-state index contributed by atoms with van der Waals surface area (Å²) in [6, 6.07) is 5.80. The van der Waals surface area contributed by atoms with E-state index in [1.54, 1.807) is 13.8 Å². The Morgan fingerprint density at radius 1 is 1.08 bits per heavy atom. The molecule has 0 aromatic heterocycles. The van der Waals surface area contributed by atoms with Gasteiger partial charge in [0.15, 0.2) is 0 Å². The van der Waals surface area contributed by atoms with Crippen molar-refractivity contribution in [3.8, 4) is 5.75 Å². The highest BCUT2D eigenvalue weighted by atomic mass is 35.5. The molecule has 0 amide bonds. The average Bonchev–Trinajstić information content (AvgIpc) is 2.49. The van der Waals surface area contributed by atoms with Crippen molar-refractivity contribution in [2.75, 3.05) is 11.8 Å². The molecule has 0 saturated heterocycles. The third-order valence-electron chi connectivity index (χ3n) is 3.50. The Morgan fingerprint density at radius 2 is 1.72 bits per heavy atom. The van der Waals surface area contributed by atoms with Crippen molar-refractivity contribution in [2.45, 2.75) is 24.9 Å². The summed E-state index contributed by atoms with van der Waals surface area (Å²) in [7, 11) is -2.98. The minimum absolute atomic E-state index is 0.0567. The molecule has 0 heterocycles. The molecule has 2 aromatic carbocycles. The largest absolute Gasteiger partial charge is 0.496 e. The van der Waals surface area contributed by atoms with Gasteiger partial charge in [0.1, 0.15) is 5.75 Å². The average molecular weight is 394 g/mol. The summed E-state index contributed by atoms with van der Waals surface area (Å²) >= 11 is 5.95. The summed E-state index contributed by atoms with van der Waals surface area (Å²) in [5.74, 6) is -0.394. The first-order valence-electron chi connectivity index (χ1n) is 7.00. The molecule has 2 rings (SSSR count). The number of hydrogen-bond donors (Lipinski definition) is 1. The number of nitrogens with one attached hydrogen (secondary N) is 1. The number of sulfonamides is 1. The van der Waals surface area contributed by atoms with Crippen molar-refractivity contribution in [3.05, 3.63) is 52.0 Å². The molecule has 0 aliphatic rings. The molecule has 9 heteroatoms. The predicted octanol–water partition coefficient (Wildman–Crippen LogP) is 4.79. The lowest BCUT2D eigenvalue weighted by molar-refractivity contribution is -0.138. The lowest BCUT2D eigenvalue weighted by Gasteiger charge is -2.15. The molecule has 2 aromatic rings. The maximum atomic E-state index is 13.1. The Labute approximate surface area is 148 Å². The highest BCUT2D eigenvalue weighted by Crippen LogP contribution is 2.38. The normalized spacial score (nSPS) is 12.1. The number of rotatable bonds is 4. The smallest absolute Gasteiger partial charge is 0.420 e. The zero-order valence-corrected chi connectivity index (χ0v) is 15.1. The number of hydrogen-bond acceptors (Lipinski definition) is 3. The van der Waals surface area contributed by atoms with Gasteiger partial charge in [-0.15, -0.1) is 0 Å². The minimum atomic E-state index is -4.68. The van der Waals surface area contributed by atoms with Gasteiger partial charge in [-0.3, -0.25) is 4.72 Å². The molecule has 0 saturated carbocycles. The first-order chi connectivity index (χ1) is 11.5. The summed E-state index contributed by atoms with van der Waals surface area (Å²) in [5.41, 5.74) is -0.370. The first kappa shape index (κ1) is 19.4. The highest BCUT2D eigenvalue weighted by molar-refractivity contribution is 7.92. The van der Waals surface area contributed by atoms with Gasteiger partial charge in [-0.25, -0.2) is 8.42 Å². The third-order valence-corrected chi connectivity index (χ3v) is 5.43. The van der Waals surface area contributed by atoms with Crippen molar-refractivity contribution in [1.29, 1.82) is 0 Å². The Hall–Kier alpha value is -1.93. The van der Waals surface area contributed by atoms with Crippen LogP contribution >= 0.6 is 11.6 Å². The number of ether oxygens (including phenoxy) is 1. The van der Waals surface area contributed by atoms with Gasteiger partial charge in [-0.05, 0) is 55.3 Å². The molecule has 1 N–H and O–H groups in total. The molecule has 25 heavy (non-hydrogen) atoms. The molecular formula is C16H15ClF3NO3S. The van der Waals surface area contributed by atoms with E-state index in [0.29, 0.717) is 22.2 Å². The molecule has 0 bridgehead atoms. The van der Waals surface area contributed by atoms with Gasteiger partial charge < -0.3 is 4.74 Å². The number of aryl methyl sites for hydroxylation is 2. The summed E-state index contributed by atoms with van der Waals surface area (Å²) in [6.45, 7) is 3.19. The topological polar surface area (TPSA) is 55.4 Å². The molecule has 4 nitrogen and oxygen atoms in total. The molecule has 0 unspecified atom stereocenters. The third kappa shape index (κ3) is 4.19. The second-order valence-electron chi connectivity index (χ2n) is 5.39. The van der Waals surface area contributed by atoms with E-state index >= 15 is 0 Å². The first-order valence-corrected chi connectivity index (χ1v) is 8.86. The monoisotopic (exact) mass is 393 g/mol. The second kappa shape index (κ2) is 6.76. The van der Waals surface area contributed by atoms with Crippen LogP contribution < -0.4 is 9.46 Å².